The summed E-state index contributed by atoms with van der Waals surface area (Å²) >= 11 is 0. The van der Waals surface area contributed by atoms with E-state index in [1.165, 1.54) is 54.9 Å². The number of hydrogen-bond acceptors (Lipinski definition) is 2. The molecule has 0 fully saturated rings. The van der Waals surface area contributed by atoms with Crippen molar-refractivity contribution in [2.75, 3.05) is 9.80 Å². The van der Waals surface area contributed by atoms with E-state index < -0.39 is 5.41 Å². The SMILES string of the molecule is c1ccc(N(c2ccccc2)c2cccc(N(c3ccccc3)c3cccc4c3ccc3cc5c(cc34)C(c3ccccc3)(c3ccccc3)c3ccccc3-5)c2)cc1. The molecule has 0 aromatic heterocycles. The topological polar surface area (TPSA) is 6.48 Å². The van der Waals surface area contributed by atoms with Crippen molar-refractivity contribution in [3.63, 3.8) is 0 Å². The lowest BCUT2D eigenvalue weighted by atomic mass is 9.67. The van der Waals surface area contributed by atoms with Gasteiger partial charge in [0.2, 0.25) is 0 Å². The minimum absolute atomic E-state index is 0.470. The molecule has 0 saturated carbocycles. The van der Waals surface area contributed by atoms with Gasteiger partial charge in [-0.05, 0) is 122 Å². The molecule has 1 aliphatic rings. The van der Waals surface area contributed by atoms with Gasteiger partial charge in [-0.3, -0.25) is 0 Å². The van der Waals surface area contributed by atoms with Gasteiger partial charge >= 0.3 is 0 Å². The molecule has 0 heterocycles. The van der Waals surface area contributed by atoms with Crippen molar-refractivity contribution >= 4 is 55.7 Å². The van der Waals surface area contributed by atoms with E-state index in [2.05, 4.69) is 252 Å². The van der Waals surface area contributed by atoms with Crippen molar-refractivity contribution in [2.24, 2.45) is 0 Å². The van der Waals surface area contributed by atoms with E-state index in [-0.39, 0.29) is 0 Å². The Hall–Kier alpha value is -7.68. The lowest BCUT2D eigenvalue weighted by Gasteiger charge is -2.34. The smallest absolute Gasteiger partial charge is 0.0713 e. The average molecular weight is 753 g/mol. The Morgan fingerprint density at radius 2 is 0.763 bits per heavy atom. The zero-order valence-corrected chi connectivity index (χ0v) is 32.5. The van der Waals surface area contributed by atoms with Crippen LogP contribution < -0.4 is 9.80 Å². The van der Waals surface area contributed by atoms with Crippen LogP contribution in [0, 0.1) is 0 Å². The zero-order chi connectivity index (χ0) is 39.2. The van der Waals surface area contributed by atoms with E-state index in [1.807, 2.05) is 0 Å². The van der Waals surface area contributed by atoms with Crippen molar-refractivity contribution in [3.05, 3.63) is 265 Å². The Morgan fingerprint density at radius 3 is 1.37 bits per heavy atom. The van der Waals surface area contributed by atoms with Gasteiger partial charge in [0.15, 0.2) is 0 Å². The van der Waals surface area contributed by atoms with E-state index in [9.17, 15) is 0 Å². The van der Waals surface area contributed by atoms with E-state index in [0.717, 1.165) is 34.1 Å². The quantitative estimate of drug-likeness (QED) is 0.143. The van der Waals surface area contributed by atoms with Crippen LogP contribution >= 0.6 is 0 Å². The Balaban J connectivity index is 1.14. The maximum atomic E-state index is 2.50. The van der Waals surface area contributed by atoms with E-state index in [1.54, 1.807) is 0 Å². The number of nitrogens with zero attached hydrogens (tertiary/aromatic N) is 2. The largest absolute Gasteiger partial charge is 0.310 e. The molecular formula is C57H40N2. The third-order valence-corrected chi connectivity index (χ3v) is 12.1. The monoisotopic (exact) mass is 752 g/mol. The summed E-state index contributed by atoms with van der Waals surface area (Å²) in [4.78, 5) is 4.74. The summed E-state index contributed by atoms with van der Waals surface area (Å²) < 4.78 is 0. The molecule has 0 N–H and O–H groups in total. The van der Waals surface area contributed by atoms with Crippen molar-refractivity contribution in [1.82, 2.24) is 0 Å². The van der Waals surface area contributed by atoms with Crippen molar-refractivity contribution in [3.8, 4) is 11.1 Å². The Kier molecular flexibility index (Phi) is 8.41. The van der Waals surface area contributed by atoms with Gasteiger partial charge in [-0.25, -0.2) is 0 Å². The minimum atomic E-state index is -0.470. The van der Waals surface area contributed by atoms with Crippen LogP contribution in [0.5, 0.6) is 0 Å². The number of rotatable bonds is 8. The van der Waals surface area contributed by atoms with Crippen LogP contribution in [-0.4, -0.2) is 0 Å². The molecule has 0 amide bonds. The molecule has 11 rings (SSSR count). The zero-order valence-electron chi connectivity index (χ0n) is 32.5. The van der Waals surface area contributed by atoms with Gasteiger partial charge in [0.1, 0.15) is 0 Å². The van der Waals surface area contributed by atoms with E-state index in [0.29, 0.717) is 0 Å². The molecule has 0 saturated heterocycles. The van der Waals surface area contributed by atoms with E-state index >= 15 is 0 Å². The standard InChI is InChI=1S/C57H40N2/c1-6-20-42(21-7-1)57(43-22-8-2-9-23-43)54-34-17-16-32-50(54)53-38-41-36-37-51-49(52(41)40-55(53)57)33-19-35-56(51)59(46-28-14-5-15-29-46)48-31-18-30-47(39-48)58(44-24-10-3-11-25-44)45-26-12-4-13-27-45/h1-40H. The molecule has 0 radical (unpaired) electrons. The molecule has 278 valence electrons. The number of anilines is 6. The highest BCUT2D eigenvalue weighted by Crippen LogP contribution is 2.57. The molecule has 2 heteroatoms. The molecule has 0 aliphatic heterocycles. The van der Waals surface area contributed by atoms with E-state index in [4.69, 9.17) is 0 Å². The molecule has 1 aliphatic carbocycles. The third-order valence-electron chi connectivity index (χ3n) is 12.1. The van der Waals surface area contributed by atoms with Crippen molar-refractivity contribution < 1.29 is 0 Å². The molecule has 2 nitrogen and oxygen atoms in total. The Labute approximate surface area is 345 Å². The maximum Gasteiger partial charge on any atom is 0.0713 e. The van der Waals surface area contributed by atoms with Crippen LogP contribution in [0.2, 0.25) is 0 Å². The van der Waals surface area contributed by atoms with Gasteiger partial charge in [0.05, 0.1) is 11.1 Å². The summed E-state index contributed by atoms with van der Waals surface area (Å²) in [6, 6.07) is 88.4. The molecule has 10 aromatic carbocycles. The summed E-state index contributed by atoms with van der Waals surface area (Å²) in [5, 5.41) is 4.89. The second-order valence-electron chi connectivity index (χ2n) is 15.3. The van der Waals surface area contributed by atoms with Gasteiger partial charge in [0.25, 0.3) is 0 Å². The summed E-state index contributed by atoms with van der Waals surface area (Å²) in [7, 11) is 0. The molecule has 0 unspecified atom stereocenters. The highest BCUT2D eigenvalue weighted by atomic mass is 15.2. The average Bonchev–Trinajstić information content (AvgIpc) is 3.60. The summed E-state index contributed by atoms with van der Waals surface area (Å²) in [6.07, 6.45) is 0. The fourth-order valence-electron chi connectivity index (χ4n) is 9.58. The number of benzene rings is 10. The van der Waals surface area contributed by atoms with Gasteiger partial charge in [-0.2, -0.15) is 0 Å². The number of fused-ring (bicyclic) bond motifs is 6. The van der Waals surface area contributed by atoms with Gasteiger partial charge < -0.3 is 9.80 Å². The lowest BCUT2D eigenvalue weighted by molar-refractivity contribution is 0.769. The second kappa shape index (κ2) is 14.4. The Morgan fingerprint density at radius 1 is 0.271 bits per heavy atom. The fraction of sp³-hybridized carbons (Fsp3) is 0.0175. The fourth-order valence-corrected chi connectivity index (χ4v) is 9.58. The van der Waals surface area contributed by atoms with Crippen LogP contribution in [0.3, 0.4) is 0 Å². The predicted molar refractivity (Wildman–Crippen MR) is 248 cm³/mol. The first kappa shape index (κ1) is 34.6. The molecule has 10 aromatic rings. The highest BCUT2D eigenvalue weighted by Gasteiger charge is 2.46. The first-order valence-corrected chi connectivity index (χ1v) is 20.4. The maximum absolute atomic E-state index is 2.50. The van der Waals surface area contributed by atoms with Crippen LogP contribution in [0.4, 0.5) is 34.1 Å². The van der Waals surface area contributed by atoms with Crippen molar-refractivity contribution in [1.29, 1.82) is 0 Å². The number of hydrogen-bond donors (Lipinski definition) is 0. The van der Waals surface area contributed by atoms with Crippen molar-refractivity contribution in [2.45, 2.75) is 5.41 Å². The highest BCUT2D eigenvalue weighted by molar-refractivity contribution is 6.14. The molecular weight excluding hydrogens is 713 g/mol. The van der Waals surface area contributed by atoms with Crippen LogP contribution in [0.15, 0.2) is 243 Å². The second-order valence-corrected chi connectivity index (χ2v) is 15.3. The summed E-state index contributed by atoms with van der Waals surface area (Å²) in [5.41, 5.74) is 13.9. The lowest BCUT2D eigenvalue weighted by Crippen LogP contribution is -2.28. The first-order valence-electron chi connectivity index (χ1n) is 20.4. The molecule has 0 bridgehead atoms. The van der Waals surface area contributed by atoms with Gasteiger partial charge in [0, 0.05) is 33.8 Å². The minimum Gasteiger partial charge on any atom is -0.310 e. The molecule has 0 spiro atoms. The summed E-state index contributed by atoms with van der Waals surface area (Å²) in [6.45, 7) is 0. The third kappa shape index (κ3) is 5.64. The van der Waals surface area contributed by atoms with Crippen LogP contribution in [0.1, 0.15) is 22.3 Å². The normalized spacial score (nSPS) is 12.5. The molecule has 0 atom stereocenters. The summed E-state index contributed by atoms with van der Waals surface area (Å²) in [5.74, 6) is 0. The first-order chi connectivity index (χ1) is 29.3. The predicted octanol–water partition coefficient (Wildman–Crippen LogP) is 15.3. The Bertz CT molecular complexity index is 3010. The van der Waals surface area contributed by atoms with Crippen LogP contribution in [-0.2, 0) is 5.41 Å². The van der Waals surface area contributed by atoms with Gasteiger partial charge in [-0.15, -0.1) is 0 Å². The molecule has 59 heavy (non-hydrogen) atoms. The van der Waals surface area contributed by atoms with Crippen LogP contribution in [0.25, 0.3) is 32.7 Å². The number of para-hydroxylation sites is 3. The van der Waals surface area contributed by atoms with Gasteiger partial charge in [-0.1, -0.05) is 170 Å².